The number of aromatic nitrogens is 2. The van der Waals surface area contributed by atoms with Crippen molar-refractivity contribution in [3.63, 3.8) is 0 Å². The van der Waals surface area contributed by atoms with E-state index in [0.29, 0.717) is 16.7 Å². The Hall–Kier alpha value is -1.75. The van der Waals surface area contributed by atoms with Gasteiger partial charge < -0.3 is 15.3 Å². The first-order valence-corrected chi connectivity index (χ1v) is 6.05. The zero-order valence-electron chi connectivity index (χ0n) is 10.1. The van der Waals surface area contributed by atoms with Crippen LogP contribution in [-0.2, 0) is 4.79 Å². The summed E-state index contributed by atoms with van der Waals surface area (Å²) < 4.78 is 0. The highest BCUT2D eigenvalue weighted by Crippen LogP contribution is 2.21. The molecule has 0 spiro atoms. The fourth-order valence-corrected chi connectivity index (χ4v) is 1.59. The molecule has 0 aliphatic rings. The summed E-state index contributed by atoms with van der Waals surface area (Å²) in [5, 5.41) is 2.78. The van der Waals surface area contributed by atoms with E-state index < -0.39 is 5.41 Å². The second kappa shape index (κ2) is 4.49. The summed E-state index contributed by atoms with van der Waals surface area (Å²) in [6, 6.07) is 5.17. The third-order valence-corrected chi connectivity index (χ3v) is 3.39. The van der Waals surface area contributed by atoms with Crippen LogP contribution >= 0.6 is 11.6 Å². The van der Waals surface area contributed by atoms with E-state index >= 15 is 0 Å². The molecule has 5 nitrogen and oxygen atoms in total. The van der Waals surface area contributed by atoms with E-state index in [-0.39, 0.29) is 17.5 Å². The van der Waals surface area contributed by atoms with Gasteiger partial charge in [-0.15, -0.1) is 11.6 Å². The van der Waals surface area contributed by atoms with Gasteiger partial charge in [0.1, 0.15) is 0 Å². The first-order chi connectivity index (χ1) is 8.42. The molecule has 1 amide bonds. The van der Waals surface area contributed by atoms with Gasteiger partial charge in [0.05, 0.1) is 16.4 Å². The average Bonchev–Trinajstić information content (AvgIpc) is 2.68. The number of imidazole rings is 1. The Kier molecular flexibility index (Phi) is 3.17. The van der Waals surface area contributed by atoms with Crippen molar-refractivity contribution in [2.24, 2.45) is 5.41 Å². The van der Waals surface area contributed by atoms with Crippen molar-refractivity contribution in [3.8, 4) is 0 Å². The van der Waals surface area contributed by atoms with Crippen LogP contribution in [0, 0.1) is 5.41 Å². The first kappa shape index (κ1) is 12.7. The largest absolute Gasteiger partial charge is 0.326 e. The second-order valence-electron chi connectivity index (χ2n) is 4.81. The number of rotatable bonds is 3. The van der Waals surface area contributed by atoms with Crippen LogP contribution in [0.5, 0.6) is 0 Å². The quantitative estimate of drug-likeness (QED) is 0.745. The number of hydrogen-bond acceptors (Lipinski definition) is 2. The standard InChI is InChI=1S/C12H14ClN3O2/c1-12(2,6-13)10(17)14-7-3-4-8-9(5-7)16-11(18)15-8/h3-5H,6H2,1-2H3,(H,14,17)(H2,15,16,18). The molecule has 3 N–H and O–H groups in total. The summed E-state index contributed by atoms with van der Waals surface area (Å²) in [5.41, 5.74) is 1.08. The minimum absolute atomic E-state index is 0.158. The Morgan fingerprint density at radius 3 is 2.67 bits per heavy atom. The monoisotopic (exact) mass is 267 g/mol. The molecule has 0 saturated heterocycles. The maximum Gasteiger partial charge on any atom is 0.323 e. The number of alkyl halides is 1. The molecule has 0 fully saturated rings. The molecule has 2 rings (SSSR count). The van der Waals surface area contributed by atoms with Crippen molar-refractivity contribution >= 4 is 34.2 Å². The first-order valence-electron chi connectivity index (χ1n) is 5.52. The Morgan fingerprint density at radius 1 is 1.33 bits per heavy atom. The van der Waals surface area contributed by atoms with Crippen LogP contribution < -0.4 is 11.0 Å². The summed E-state index contributed by atoms with van der Waals surface area (Å²) in [6.45, 7) is 3.54. The summed E-state index contributed by atoms with van der Waals surface area (Å²) in [6.07, 6.45) is 0. The van der Waals surface area contributed by atoms with Gasteiger partial charge in [0.2, 0.25) is 5.91 Å². The van der Waals surface area contributed by atoms with Gasteiger partial charge in [0.15, 0.2) is 0 Å². The highest BCUT2D eigenvalue weighted by Gasteiger charge is 2.26. The highest BCUT2D eigenvalue weighted by molar-refractivity contribution is 6.20. The number of benzene rings is 1. The van der Waals surface area contributed by atoms with E-state index in [1.807, 2.05) is 0 Å². The van der Waals surface area contributed by atoms with Crippen LogP contribution in [0.1, 0.15) is 13.8 Å². The van der Waals surface area contributed by atoms with E-state index in [9.17, 15) is 9.59 Å². The molecule has 0 aliphatic heterocycles. The molecule has 0 radical (unpaired) electrons. The summed E-state index contributed by atoms with van der Waals surface area (Å²) in [5.74, 6) is 0.0805. The maximum atomic E-state index is 11.9. The van der Waals surface area contributed by atoms with Crippen LogP contribution in [0.25, 0.3) is 11.0 Å². The smallest absolute Gasteiger partial charge is 0.323 e. The van der Waals surface area contributed by atoms with Crippen LogP contribution in [0.2, 0.25) is 0 Å². The lowest BCUT2D eigenvalue weighted by Crippen LogP contribution is -2.32. The van der Waals surface area contributed by atoms with Crippen LogP contribution in [-0.4, -0.2) is 21.8 Å². The lowest BCUT2D eigenvalue weighted by Gasteiger charge is -2.20. The number of H-pyrrole nitrogens is 2. The van der Waals surface area contributed by atoms with Gasteiger partial charge in [-0.2, -0.15) is 0 Å². The molecule has 2 aromatic rings. The van der Waals surface area contributed by atoms with Crippen molar-refractivity contribution < 1.29 is 4.79 Å². The molecule has 0 unspecified atom stereocenters. The molecular weight excluding hydrogens is 254 g/mol. The molecule has 1 aromatic carbocycles. The number of halogens is 1. The molecule has 0 atom stereocenters. The number of nitrogens with one attached hydrogen (secondary N) is 3. The number of fused-ring (bicyclic) bond motifs is 1. The molecule has 6 heteroatoms. The number of hydrogen-bond donors (Lipinski definition) is 3. The van der Waals surface area contributed by atoms with Gasteiger partial charge in [0, 0.05) is 11.6 Å². The zero-order chi connectivity index (χ0) is 13.3. The van der Waals surface area contributed by atoms with Crippen molar-refractivity contribution in [1.29, 1.82) is 0 Å². The zero-order valence-corrected chi connectivity index (χ0v) is 10.9. The van der Waals surface area contributed by atoms with Crippen LogP contribution in [0.15, 0.2) is 23.0 Å². The fourth-order valence-electron chi connectivity index (χ4n) is 1.47. The van der Waals surface area contributed by atoms with Crippen molar-refractivity contribution in [3.05, 3.63) is 28.7 Å². The predicted molar refractivity (Wildman–Crippen MR) is 72.1 cm³/mol. The summed E-state index contributed by atoms with van der Waals surface area (Å²) in [4.78, 5) is 28.3. The Bertz CT molecular complexity index is 642. The van der Waals surface area contributed by atoms with Gasteiger partial charge in [-0.3, -0.25) is 4.79 Å². The highest BCUT2D eigenvalue weighted by atomic mass is 35.5. The van der Waals surface area contributed by atoms with E-state index in [2.05, 4.69) is 15.3 Å². The normalized spacial score (nSPS) is 11.7. The number of carbonyl (C=O) groups excluding carboxylic acids is 1. The van der Waals surface area contributed by atoms with E-state index in [1.165, 1.54) is 0 Å². The average molecular weight is 268 g/mol. The molecular formula is C12H14ClN3O2. The van der Waals surface area contributed by atoms with Crippen molar-refractivity contribution in [2.45, 2.75) is 13.8 Å². The molecule has 0 aliphatic carbocycles. The molecule has 0 bridgehead atoms. The molecule has 1 heterocycles. The van der Waals surface area contributed by atoms with Crippen molar-refractivity contribution in [2.75, 3.05) is 11.2 Å². The van der Waals surface area contributed by atoms with Gasteiger partial charge in [-0.25, -0.2) is 4.79 Å². The third kappa shape index (κ3) is 2.41. The third-order valence-electron chi connectivity index (χ3n) is 2.72. The summed E-state index contributed by atoms with van der Waals surface area (Å²) in [7, 11) is 0. The SMILES string of the molecule is CC(C)(CCl)C(=O)Nc1ccc2[nH]c(=O)[nH]c2c1. The molecule has 1 aromatic heterocycles. The maximum absolute atomic E-state index is 11.9. The van der Waals surface area contributed by atoms with E-state index in [1.54, 1.807) is 32.0 Å². The van der Waals surface area contributed by atoms with Gasteiger partial charge in [-0.1, -0.05) is 0 Å². The summed E-state index contributed by atoms with van der Waals surface area (Å²) >= 11 is 5.74. The number of carbonyl (C=O) groups is 1. The Morgan fingerprint density at radius 2 is 2.00 bits per heavy atom. The lowest BCUT2D eigenvalue weighted by atomic mass is 9.95. The Balaban J connectivity index is 2.27. The Labute approximate surface area is 109 Å². The molecule has 0 saturated carbocycles. The van der Waals surface area contributed by atoms with Gasteiger partial charge in [-0.05, 0) is 32.0 Å². The van der Waals surface area contributed by atoms with Crippen LogP contribution in [0.4, 0.5) is 5.69 Å². The minimum Gasteiger partial charge on any atom is -0.326 e. The topological polar surface area (TPSA) is 77.8 Å². The van der Waals surface area contributed by atoms with Gasteiger partial charge in [0.25, 0.3) is 0 Å². The van der Waals surface area contributed by atoms with Crippen molar-refractivity contribution in [1.82, 2.24) is 9.97 Å². The van der Waals surface area contributed by atoms with E-state index in [4.69, 9.17) is 11.6 Å². The predicted octanol–water partition coefficient (Wildman–Crippen LogP) is 2.06. The lowest BCUT2D eigenvalue weighted by molar-refractivity contribution is -0.122. The molecule has 18 heavy (non-hydrogen) atoms. The number of anilines is 1. The molecule has 96 valence electrons. The number of aromatic amines is 2. The minimum atomic E-state index is -0.637. The fraction of sp³-hybridized carbons (Fsp3) is 0.333. The second-order valence-corrected chi connectivity index (χ2v) is 5.08. The number of amides is 1. The van der Waals surface area contributed by atoms with Gasteiger partial charge >= 0.3 is 5.69 Å². The van der Waals surface area contributed by atoms with Crippen LogP contribution in [0.3, 0.4) is 0 Å². The van der Waals surface area contributed by atoms with E-state index in [0.717, 1.165) is 0 Å².